The number of pyridine rings is 1. The van der Waals surface area contributed by atoms with Crippen molar-refractivity contribution in [3.63, 3.8) is 0 Å². The lowest BCUT2D eigenvalue weighted by Gasteiger charge is -2.34. The third-order valence-corrected chi connectivity index (χ3v) is 6.05. The highest BCUT2D eigenvalue weighted by Gasteiger charge is 2.23. The maximum Gasteiger partial charge on any atom is 0.332 e. The third kappa shape index (κ3) is 3.40. The molecule has 4 aromatic heterocycles. The van der Waals surface area contributed by atoms with Gasteiger partial charge >= 0.3 is 5.69 Å². The minimum atomic E-state index is -0.453. The number of nitrogens with zero attached hydrogens (tertiary/aromatic N) is 8. The average molecular weight is 436 g/mol. The van der Waals surface area contributed by atoms with Crippen LogP contribution in [-0.2, 0) is 32.0 Å². The van der Waals surface area contributed by atoms with Gasteiger partial charge in [0, 0.05) is 53.0 Å². The molecular formula is C21H24N8O3. The molecule has 0 aliphatic carbocycles. The summed E-state index contributed by atoms with van der Waals surface area (Å²) in [6, 6.07) is 8.05. The predicted octanol–water partition coefficient (Wildman–Crippen LogP) is -0.574. The van der Waals surface area contributed by atoms with E-state index in [9.17, 15) is 14.4 Å². The Morgan fingerprint density at radius 1 is 1.06 bits per heavy atom. The van der Waals surface area contributed by atoms with Gasteiger partial charge in [0.15, 0.2) is 11.2 Å². The van der Waals surface area contributed by atoms with Gasteiger partial charge in [-0.1, -0.05) is 6.07 Å². The lowest BCUT2D eigenvalue weighted by Crippen LogP contribution is -2.49. The minimum Gasteiger partial charge on any atom is -0.339 e. The number of hydrogen-bond donors (Lipinski definition) is 0. The Kier molecular flexibility index (Phi) is 4.89. The molecule has 1 aliphatic rings. The number of carbonyl (C=O) groups is 1. The Hall–Kier alpha value is -3.73. The van der Waals surface area contributed by atoms with Crippen LogP contribution in [0.4, 0.5) is 0 Å². The van der Waals surface area contributed by atoms with Gasteiger partial charge < -0.3 is 9.47 Å². The van der Waals surface area contributed by atoms with Crippen LogP contribution in [0.2, 0.25) is 0 Å². The van der Waals surface area contributed by atoms with E-state index in [2.05, 4.69) is 21.0 Å². The molecule has 1 fully saturated rings. The van der Waals surface area contributed by atoms with Gasteiger partial charge in [-0.2, -0.15) is 5.10 Å². The molecule has 5 rings (SSSR count). The average Bonchev–Trinajstić information content (AvgIpc) is 3.40. The van der Waals surface area contributed by atoms with E-state index in [0.29, 0.717) is 13.1 Å². The molecule has 5 heterocycles. The highest BCUT2D eigenvalue weighted by Crippen LogP contribution is 2.12. The van der Waals surface area contributed by atoms with Crippen molar-refractivity contribution in [2.75, 3.05) is 26.2 Å². The van der Waals surface area contributed by atoms with Crippen molar-refractivity contribution >= 4 is 22.6 Å². The van der Waals surface area contributed by atoms with Crippen molar-refractivity contribution in [1.82, 2.24) is 38.1 Å². The van der Waals surface area contributed by atoms with E-state index in [4.69, 9.17) is 0 Å². The van der Waals surface area contributed by atoms with Crippen molar-refractivity contribution in [3.05, 3.63) is 63.3 Å². The third-order valence-electron chi connectivity index (χ3n) is 6.05. The van der Waals surface area contributed by atoms with Gasteiger partial charge in [-0.3, -0.25) is 23.6 Å². The molecule has 11 heteroatoms. The number of imidazole rings is 1. The summed E-state index contributed by atoms with van der Waals surface area (Å²) < 4.78 is 5.74. The standard InChI is InChI=1S/C21H24N8O3/c1-24-19-18(20(31)25(2)21(24)32)28(14-22-19)13-17(30)27-9-7-26(8-10-27)12-15-11-16-5-3-4-6-29(16)23-15/h3-6,11,14H,7-10,12-13H2,1-2H3. The topological polar surface area (TPSA) is 103 Å². The van der Waals surface area contributed by atoms with Crippen LogP contribution >= 0.6 is 0 Å². The van der Waals surface area contributed by atoms with Gasteiger partial charge in [0.2, 0.25) is 5.91 Å². The first kappa shape index (κ1) is 20.2. The fourth-order valence-electron chi connectivity index (χ4n) is 4.22. The molecule has 166 valence electrons. The molecule has 32 heavy (non-hydrogen) atoms. The lowest BCUT2D eigenvalue weighted by molar-refractivity contribution is -0.133. The van der Waals surface area contributed by atoms with Crippen molar-refractivity contribution in [2.24, 2.45) is 14.1 Å². The van der Waals surface area contributed by atoms with Crippen molar-refractivity contribution < 1.29 is 4.79 Å². The second-order valence-corrected chi connectivity index (χ2v) is 8.11. The van der Waals surface area contributed by atoms with Gasteiger partial charge in [-0.05, 0) is 18.2 Å². The van der Waals surface area contributed by atoms with Crippen molar-refractivity contribution in [1.29, 1.82) is 0 Å². The highest BCUT2D eigenvalue weighted by molar-refractivity contribution is 5.79. The molecule has 0 bridgehead atoms. The fraction of sp³-hybridized carbons (Fsp3) is 0.381. The summed E-state index contributed by atoms with van der Waals surface area (Å²) in [5, 5.41) is 4.60. The van der Waals surface area contributed by atoms with Crippen LogP contribution in [0.3, 0.4) is 0 Å². The van der Waals surface area contributed by atoms with Gasteiger partial charge in [-0.25, -0.2) is 14.3 Å². The smallest absolute Gasteiger partial charge is 0.332 e. The molecule has 0 spiro atoms. The van der Waals surface area contributed by atoms with Crippen LogP contribution < -0.4 is 11.2 Å². The fourth-order valence-corrected chi connectivity index (χ4v) is 4.22. The number of aryl methyl sites for hydroxylation is 1. The SMILES string of the molecule is Cn1c(=O)c2c(ncn2CC(=O)N2CCN(Cc3cc4ccccn4n3)CC2)n(C)c1=O. The Morgan fingerprint density at radius 2 is 1.84 bits per heavy atom. The first-order chi connectivity index (χ1) is 15.4. The first-order valence-electron chi connectivity index (χ1n) is 10.5. The predicted molar refractivity (Wildman–Crippen MR) is 117 cm³/mol. The zero-order valence-electron chi connectivity index (χ0n) is 18.0. The number of rotatable bonds is 4. The number of hydrogen-bond acceptors (Lipinski definition) is 6. The van der Waals surface area contributed by atoms with Crippen molar-refractivity contribution in [2.45, 2.75) is 13.1 Å². The summed E-state index contributed by atoms with van der Waals surface area (Å²) in [5.74, 6) is -0.0763. The minimum absolute atomic E-state index is 0.0103. The second kappa shape index (κ2) is 7.75. The summed E-state index contributed by atoms with van der Waals surface area (Å²) in [6.07, 6.45) is 3.38. The summed E-state index contributed by atoms with van der Waals surface area (Å²) >= 11 is 0. The van der Waals surface area contributed by atoms with Gasteiger partial charge in [0.1, 0.15) is 6.54 Å². The van der Waals surface area contributed by atoms with E-state index in [-0.39, 0.29) is 23.6 Å². The molecular weight excluding hydrogens is 412 g/mol. The van der Waals surface area contributed by atoms with E-state index < -0.39 is 11.2 Å². The molecule has 11 nitrogen and oxygen atoms in total. The van der Waals surface area contributed by atoms with Gasteiger partial charge in [0.25, 0.3) is 5.56 Å². The molecule has 4 aromatic rings. The Balaban J connectivity index is 1.25. The molecule has 0 N–H and O–H groups in total. The second-order valence-electron chi connectivity index (χ2n) is 8.11. The molecule has 0 saturated carbocycles. The monoisotopic (exact) mass is 436 g/mol. The largest absolute Gasteiger partial charge is 0.339 e. The highest BCUT2D eigenvalue weighted by atomic mass is 16.2. The zero-order valence-corrected chi connectivity index (χ0v) is 18.0. The van der Waals surface area contributed by atoms with E-state index in [1.807, 2.05) is 28.9 Å². The van der Waals surface area contributed by atoms with Gasteiger partial charge in [0.05, 0.1) is 17.5 Å². The molecule has 1 saturated heterocycles. The maximum absolute atomic E-state index is 12.9. The summed E-state index contributed by atoms with van der Waals surface area (Å²) in [4.78, 5) is 45.8. The van der Waals surface area contributed by atoms with Crippen molar-refractivity contribution in [3.8, 4) is 0 Å². The summed E-state index contributed by atoms with van der Waals surface area (Å²) in [5.41, 5.74) is 1.71. The molecule has 0 aromatic carbocycles. The Labute approximate surface area is 182 Å². The molecule has 0 unspecified atom stereocenters. The first-order valence-corrected chi connectivity index (χ1v) is 10.5. The van der Waals surface area contributed by atoms with E-state index in [1.165, 1.54) is 22.5 Å². The number of aromatic nitrogens is 6. The summed E-state index contributed by atoms with van der Waals surface area (Å²) in [7, 11) is 2.98. The molecule has 0 radical (unpaired) electrons. The lowest BCUT2D eigenvalue weighted by atomic mass is 10.2. The molecule has 1 amide bonds. The Bertz CT molecular complexity index is 1400. The normalized spacial score (nSPS) is 15.1. The van der Waals surface area contributed by atoms with Crippen LogP contribution in [0.1, 0.15) is 5.69 Å². The van der Waals surface area contributed by atoms with E-state index in [0.717, 1.165) is 35.4 Å². The summed E-state index contributed by atoms with van der Waals surface area (Å²) in [6.45, 7) is 3.46. The van der Waals surface area contributed by atoms with Crippen LogP contribution in [0.15, 0.2) is 46.4 Å². The zero-order chi connectivity index (χ0) is 22.4. The van der Waals surface area contributed by atoms with E-state index in [1.54, 1.807) is 11.9 Å². The number of piperazine rings is 1. The number of amides is 1. The van der Waals surface area contributed by atoms with Crippen LogP contribution in [0.5, 0.6) is 0 Å². The molecule has 0 atom stereocenters. The van der Waals surface area contributed by atoms with E-state index >= 15 is 0 Å². The van der Waals surface area contributed by atoms with Crippen LogP contribution in [-0.4, -0.2) is 70.2 Å². The quantitative estimate of drug-likeness (QED) is 0.424. The number of carbonyl (C=O) groups excluding carboxylic acids is 1. The maximum atomic E-state index is 12.9. The number of fused-ring (bicyclic) bond motifs is 2. The van der Waals surface area contributed by atoms with Crippen LogP contribution in [0, 0.1) is 0 Å². The van der Waals surface area contributed by atoms with Crippen LogP contribution in [0.25, 0.3) is 16.7 Å². The van der Waals surface area contributed by atoms with Gasteiger partial charge in [-0.15, -0.1) is 0 Å². The molecule has 1 aliphatic heterocycles. The Morgan fingerprint density at radius 3 is 2.59 bits per heavy atom.